The second-order valence-corrected chi connectivity index (χ2v) is 8.05. The number of carbonyl (C=O) groups excluding carboxylic acids is 1. The fourth-order valence-electron chi connectivity index (χ4n) is 3.58. The molecule has 0 fully saturated rings. The van der Waals surface area contributed by atoms with Gasteiger partial charge in [0.25, 0.3) is 0 Å². The van der Waals surface area contributed by atoms with Crippen molar-refractivity contribution in [2.24, 2.45) is 0 Å². The van der Waals surface area contributed by atoms with Crippen LogP contribution in [0.25, 0.3) is 11.0 Å². The number of fused-ring (bicyclic) bond motifs is 1. The van der Waals surface area contributed by atoms with E-state index < -0.39 is 6.10 Å². The van der Waals surface area contributed by atoms with Gasteiger partial charge < -0.3 is 28.6 Å². The van der Waals surface area contributed by atoms with Gasteiger partial charge in [0.1, 0.15) is 11.3 Å². The van der Waals surface area contributed by atoms with Crippen molar-refractivity contribution in [2.45, 2.75) is 26.4 Å². The van der Waals surface area contributed by atoms with Crippen molar-refractivity contribution in [1.29, 1.82) is 0 Å². The molecule has 172 valence electrons. The summed E-state index contributed by atoms with van der Waals surface area (Å²) in [7, 11) is 1.54. The number of benzene rings is 2. The third-order valence-corrected chi connectivity index (χ3v) is 5.65. The first kappa shape index (κ1) is 24.1. The van der Waals surface area contributed by atoms with Crippen molar-refractivity contribution in [1.82, 2.24) is 0 Å². The van der Waals surface area contributed by atoms with Crippen molar-refractivity contribution < 1.29 is 28.5 Å². The van der Waals surface area contributed by atoms with E-state index in [1.54, 1.807) is 20.3 Å². The fraction of sp³-hybridized carbons (Fsp3) is 0.375. The van der Waals surface area contributed by atoms with Crippen LogP contribution >= 0.6 is 15.9 Å². The Morgan fingerprint density at radius 1 is 1.25 bits per heavy atom. The van der Waals surface area contributed by atoms with Crippen LogP contribution in [0.1, 0.15) is 31.1 Å². The zero-order valence-corrected chi connectivity index (χ0v) is 20.1. The topological polar surface area (TPSA) is 81.4 Å². The standard InChI is InChI=1S/C24H28BrNO6/c1-4-26(14-21(27)18-11-17-9-10-31-23(17)19(25)12-18)20-8-6-7-16(13-22(28)30-5-2)24(20)32-15-29-3/h6-12,21,27H,4-5,13-15H2,1-3H3. The summed E-state index contributed by atoms with van der Waals surface area (Å²) in [5.74, 6) is 0.219. The SMILES string of the molecule is CCOC(=O)Cc1cccc(N(CC)CC(O)c2cc(Br)c3occc3c2)c1OCOC. The molecule has 3 aromatic rings. The van der Waals surface area contributed by atoms with Crippen LogP contribution in [-0.2, 0) is 20.7 Å². The Hall–Kier alpha value is -2.55. The molecule has 7 nitrogen and oxygen atoms in total. The van der Waals surface area contributed by atoms with E-state index in [1.165, 1.54) is 0 Å². The first-order chi connectivity index (χ1) is 15.5. The van der Waals surface area contributed by atoms with E-state index in [9.17, 15) is 9.90 Å². The van der Waals surface area contributed by atoms with Crippen LogP contribution in [0.2, 0.25) is 0 Å². The molecule has 1 heterocycles. The predicted octanol–water partition coefficient (Wildman–Crippen LogP) is 4.84. The molecule has 0 aliphatic heterocycles. The summed E-state index contributed by atoms with van der Waals surface area (Å²) in [4.78, 5) is 14.1. The number of aliphatic hydroxyl groups excluding tert-OH is 1. The molecule has 2 aromatic carbocycles. The second-order valence-electron chi connectivity index (χ2n) is 7.19. The quantitative estimate of drug-likeness (QED) is 0.294. The van der Waals surface area contributed by atoms with Gasteiger partial charge in [0.2, 0.25) is 0 Å². The van der Waals surface area contributed by atoms with Crippen molar-refractivity contribution in [3.63, 3.8) is 0 Å². The number of anilines is 1. The smallest absolute Gasteiger partial charge is 0.310 e. The van der Waals surface area contributed by atoms with Crippen LogP contribution in [0.5, 0.6) is 5.75 Å². The van der Waals surface area contributed by atoms with Gasteiger partial charge in [0, 0.05) is 31.1 Å². The Kier molecular flexibility index (Phi) is 8.55. The number of methoxy groups -OCH3 is 1. The summed E-state index contributed by atoms with van der Waals surface area (Å²) in [6.07, 6.45) is 0.957. The third kappa shape index (κ3) is 5.62. The number of para-hydroxylation sites is 1. The van der Waals surface area contributed by atoms with Gasteiger partial charge in [-0.1, -0.05) is 12.1 Å². The molecule has 0 aliphatic rings. The largest absolute Gasteiger partial charge is 0.466 e. The normalized spacial score (nSPS) is 12.0. The molecule has 8 heteroatoms. The highest BCUT2D eigenvalue weighted by molar-refractivity contribution is 9.10. The Bertz CT molecular complexity index is 1050. The molecule has 32 heavy (non-hydrogen) atoms. The maximum absolute atomic E-state index is 12.1. The average Bonchev–Trinajstić information content (AvgIpc) is 3.26. The molecule has 3 rings (SSSR count). The number of esters is 1. The van der Waals surface area contributed by atoms with Crippen molar-refractivity contribution in [3.05, 3.63) is 58.3 Å². The zero-order chi connectivity index (χ0) is 23.1. The first-order valence-electron chi connectivity index (χ1n) is 10.5. The van der Waals surface area contributed by atoms with Crippen LogP contribution in [-0.4, -0.2) is 44.7 Å². The summed E-state index contributed by atoms with van der Waals surface area (Å²) in [6, 6.07) is 11.3. The minimum Gasteiger partial charge on any atom is -0.466 e. The molecule has 1 unspecified atom stereocenters. The predicted molar refractivity (Wildman–Crippen MR) is 126 cm³/mol. The summed E-state index contributed by atoms with van der Waals surface area (Å²) < 4.78 is 22.3. The molecule has 0 saturated heterocycles. The number of ether oxygens (including phenoxy) is 3. The lowest BCUT2D eigenvalue weighted by Crippen LogP contribution is -2.29. The third-order valence-electron chi connectivity index (χ3n) is 5.07. The first-order valence-corrected chi connectivity index (χ1v) is 11.3. The summed E-state index contributed by atoms with van der Waals surface area (Å²) >= 11 is 3.51. The minimum atomic E-state index is -0.755. The van der Waals surface area contributed by atoms with E-state index in [-0.39, 0.29) is 19.2 Å². The van der Waals surface area contributed by atoms with E-state index in [1.807, 2.05) is 48.2 Å². The van der Waals surface area contributed by atoms with Crippen LogP contribution in [0.4, 0.5) is 5.69 Å². The molecule has 0 aliphatic carbocycles. The molecule has 0 saturated carbocycles. The molecular weight excluding hydrogens is 478 g/mol. The van der Waals surface area contributed by atoms with Gasteiger partial charge >= 0.3 is 5.97 Å². The van der Waals surface area contributed by atoms with Gasteiger partial charge in [-0.15, -0.1) is 0 Å². The molecule has 0 bridgehead atoms. The van der Waals surface area contributed by atoms with E-state index in [2.05, 4.69) is 15.9 Å². The number of hydrogen-bond acceptors (Lipinski definition) is 7. The lowest BCUT2D eigenvalue weighted by molar-refractivity contribution is -0.142. The minimum absolute atomic E-state index is 0.0387. The molecule has 0 amide bonds. The fourth-order valence-corrected chi connectivity index (χ4v) is 4.16. The average molecular weight is 506 g/mol. The highest BCUT2D eigenvalue weighted by Gasteiger charge is 2.21. The van der Waals surface area contributed by atoms with Gasteiger partial charge in [-0.25, -0.2) is 0 Å². The molecule has 1 atom stereocenters. The number of furan rings is 1. The summed E-state index contributed by atoms with van der Waals surface area (Å²) in [6.45, 7) is 5.08. The lowest BCUT2D eigenvalue weighted by atomic mass is 10.1. The number of likely N-dealkylation sites (N-methyl/N-ethyl adjacent to an activating group) is 1. The summed E-state index contributed by atoms with van der Waals surface area (Å²) in [5.41, 5.74) is 2.99. The van der Waals surface area contributed by atoms with Crippen LogP contribution in [0.15, 0.2) is 51.6 Å². The Labute approximate surface area is 196 Å². The maximum Gasteiger partial charge on any atom is 0.310 e. The zero-order valence-electron chi connectivity index (χ0n) is 18.5. The van der Waals surface area contributed by atoms with Crippen LogP contribution in [0.3, 0.4) is 0 Å². The second kappa shape index (κ2) is 11.4. The Balaban J connectivity index is 1.89. The van der Waals surface area contributed by atoms with E-state index in [0.717, 1.165) is 26.7 Å². The number of aliphatic hydroxyl groups is 1. The number of halogens is 1. The van der Waals surface area contributed by atoms with Gasteiger partial charge in [-0.05, 0) is 59.6 Å². The van der Waals surface area contributed by atoms with Gasteiger partial charge in [0.05, 0.1) is 35.6 Å². The van der Waals surface area contributed by atoms with E-state index in [4.69, 9.17) is 18.6 Å². The molecule has 1 aromatic heterocycles. The molecule has 0 spiro atoms. The van der Waals surface area contributed by atoms with E-state index in [0.29, 0.717) is 31.0 Å². The number of nitrogens with zero attached hydrogens (tertiary/aromatic N) is 1. The number of rotatable bonds is 11. The van der Waals surface area contributed by atoms with Gasteiger partial charge in [-0.2, -0.15) is 0 Å². The highest BCUT2D eigenvalue weighted by atomic mass is 79.9. The highest BCUT2D eigenvalue weighted by Crippen LogP contribution is 2.35. The van der Waals surface area contributed by atoms with Gasteiger partial charge in [-0.3, -0.25) is 4.79 Å². The molecule has 1 N–H and O–H groups in total. The summed E-state index contributed by atoms with van der Waals surface area (Å²) in [5, 5.41) is 11.9. The Morgan fingerprint density at radius 3 is 2.78 bits per heavy atom. The van der Waals surface area contributed by atoms with Crippen molar-refractivity contribution in [3.8, 4) is 5.75 Å². The van der Waals surface area contributed by atoms with Crippen LogP contribution < -0.4 is 9.64 Å². The molecule has 0 radical (unpaired) electrons. The lowest BCUT2D eigenvalue weighted by Gasteiger charge is -2.29. The number of carbonyl (C=O) groups is 1. The monoisotopic (exact) mass is 505 g/mol. The van der Waals surface area contributed by atoms with Crippen molar-refractivity contribution >= 4 is 38.6 Å². The number of hydrogen-bond donors (Lipinski definition) is 1. The molecular formula is C24H28BrNO6. The van der Waals surface area contributed by atoms with E-state index >= 15 is 0 Å². The maximum atomic E-state index is 12.1. The Morgan fingerprint density at radius 2 is 2.06 bits per heavy atom. The van der Waals surface area contributed by atoms with Crippen LogP contribution in [0, 0.1) is 0 Å². The van der Waals surface area contributed by atoms with Crippen molar-refractivity contribution in [2.75, 3.05) is 38.5 Å². The van der Waals surface area contributed by atoms with Gasteiger partial charge in [0.15, 0.2) is 6.79 Å².